The molecule has 0 saturated heterocycles. The molecule has 1 unspecified atom stereocenters. The molecule has 0 spiro atoms. The topological polar surface area (TPSA) is 83.5 Å². The molecular weight excluding hydrogens is 568 g/mol. The van der Waals surface area contributed by atoms with Crippen molar-refractivity contribution in [3.05, 3.63) is 165 Å². The Morgan fingerprint density at radius 3 is 2.39 bits per heavy atom. The maximum absolute atomic E-state index is 12.9. The molecule has 0 aliphatic rings. The van der Waals surface area contributed by atoms with Crippen LogP contribution in [-0.4, -0.2) is 28.2 Å². The minimum atomic E-state index is -1.63. The average molecular weight is 605 g/mol. The summed E-state index contributed by atoms with van der Waals surface area (Å²) in [7, 11) is 3.53. The van der Waals surface area contributed by atoms with E-state index in [4.69, 9.17) is 17.3 Å². The van der Waals surface area contributed by atoms with Crippen LogP contribution >= 0.6 is 11.6 Å². The second-order valence-electron chi connectivity index (χ2n) is 10.9. The van der Waals surface area contributed by atoms with E-state index in [1.807, 2.05) is 66.7 Å². The number of hydrogen-bond donors (Lipinski definition) is 3. The van der Waals surface area contributed by atoms with Crippen molar-refractivity contribution in [1.29, 1.82) is 0 Å². The summed E-state index contributed by atoms with van der Waals surface area (Å²) in [6.45, 7) is 5.46. The fraction of sp³-hybridized carbons (Fsp3) is 0.162. The first-order chi connectivity index (χ1) is 21.3. The number of aromatic nitrogens is 1. The fourth-order valence-electron chi connectivity index (χ4n) is 5.61. The Kier molecular flexibility index (Phi) is 9.35. The summed E-state index contributed by atoms with van der Waals surface area (Å²) in [5.41, 5.74) is 10.7. The number of aryl methyl sites for hydroxylation is 1. The number of likely N-dealkylation sites (N-methyl/N-ethyl adjacent to an activating group) is 1. The van der Waals surface area contributed by atoms with Crippen LogP contribution in [0.2, 0.25) is 5.02 Å². The molecule has 0 aliphatic carbocycles. The number of aliphatic hydroxyl groups is 1. The van der Waals surface area contributed by atoms with Gasteiger partial charge < -0.3 is 25.6 Å². The number of fused-ring (bicyclic) bond motifs is 1. The molecular formula is C37H37ClN4O2. The van der Waals surface area contributed by atoms with E-state index < -0.39 is 5.60 Å². The second kappa shape index (κ2) is 13.3. The highest BCUT2D eigenvalue weighted by atomic mass is 35.5. The van der Waals surface area contributed by atoms with Gasteiger partial charge in [-0.3, -0.25) is 4.79 Å². The zero-order valence-electron chi connectivity index (χ0n) is 25.0. The van der Waals surface area contributed by atoms with Crippen LogP contribution in [0.5, 0.6) is 0 Å². The molecule has 0 bridgehead atoms. The summed E-state index contributed by atoms with van der Waals surface area (Å²) in [5, 5.41) is 17.6. The van der Waals surface area contributed by atoms with Crippen LogP contribution in [0.1, 0.15) is 22.3 Å². The lowest BCUT2D eigenvalue weighted by molar-refractivity contribution is 0.0968. The Bertz CT molecular complexity index is 1870. The molecule has 1 atom stereocenters. The van der Waals surface area contributed by atoms with E-state index in [9.17, 15) is 9.90 Å². The second-order valence-corrected chi connectivity index (χ2v) is 11.3. The highest BCUT2D eigenvalue weighted by Gasteiger charge is 2.38. The van der Waals surface area contributed by atoms with Crippen molar-refractivity contribution in [2.45, 2.75) is 18.6 Å². The molecule has 6 nitrogen and oxygen atoms in total. The molecule has 224 valence electrons. The first-order valence-electron chi connectivity index (χ1n) is 14.5. The van der Waals surface area contributed by atoms with Crippen LogP contribution in [0.4, 0.5) is 0 Å². The largest absolute Gasteiger partial charge is 0.403 e. The molecule has 1 aromatic heterocycles. The van der Waals surface area contributed by atoms with Gasteiger partial charge in [0, 0.05) is 43.3 Å². The number of rotatable bonds is 11. The number of benzene rings is 4. The molecule has 1 heterocycles. The Morgan fingerprint density at radius 1 is 0.977 bits per heavy atom. The van der Waals surface area contributed by atoms with Crippen LogP contribution < -0.4 is 16.6 Å². The van der Waals surface area contributed by atoms with Gasteiger partial charge in [-0.25, -0.2) is 0 Å². The van der Waals surface area contributed by atoms with Gasteiger partial charge in [0.15, 0.2) is 5.60 Å². The van der Waals surface area contributed by atoms with E-state index in [0.717, 1.165) is 40.6 Å². The summed E-state index contributed by atoms with van der Waals surface area (Å²) >= 11 is 6.33. The molecule has 0 saturated carbocycles. The maximum atomic E-state index is 12.9. The lowest BCUT2D eigenvalue weighted by atomic mass is 9.81. The zero-order chi connectivity index (χ0) is 31.3. The Morgan fingerprint density at radius 2 is 1.70 bits per heavy atom. The van der Waals surface area contributed by atoms with Gasteiger partial charge in [0.2, 0.25) is 0 Å². The van der Waals surface area contributed by atoms with Crippen LogP contribution in [0.25, 0.3) is 22.0 Å². The Labute approximate surface area is 263 Å². The Balaban J connectivity index is 1.56. The maximum Gasteiger partial charge on any atom is 0.251 e. The van der Waals surface area contributed by atoms with E-state index in [1.54, 1.807) is 41.9 Å². The quantitative estimate of drug-likeness (QED) is 0.154. The predicted molar refractivity (Wildman–Crippen MR) is 181 cm³/mol. The standard InChI is InChI=1S/C37H37ClN4O2/c1-4-41(2)35(24-39)37(44,29-15-13-27(14-16-29)25-40-20-19-26-9-6-5-7-10-26)30-17-18-34-33(22-30)32(23-36(43)42(34)3)28-11-8-12-31(38)21-28/h4-18,21-24,40,44H,1,19-20,25,39H2,2-3H3/b35-24-. The molecule has 4 N–H and O–H groups in total. The molecule has 44 heavy (non-hydrogen) atoms. The summed E-state index contributed by atoms with van der Waals surface area (Å²) in [5.74, 6) is 0. The molecule has 7 heteroatoms. The SMILES string of the molecule is C=CN(C)/C(=C\N)C(O)(c1ccc(CNCCc2ccccc2)cc1)c1ccc2c(c1)c(-c1cccc(Cl)c1)cc(=O)n2C. The number of nitrogens with zero attached hydrogens (tertiary/aromatic N) is 2. The lowest BCUT2D eigenvalue weighted by Crippen LogP contribution is -2.37. The van der Waals surface area contributed by atoms with Crippen LogP contribution in [0.15, 0.2) is 133 Å². The third-order valence-electron chi connectivity index (χ3n) is 8.12. The minimum absolute atomic E-state index is 0.141. The lowest BCUT2D eigenvalue weighted by Gasteiger charge is -2.36. The summed E-state index contributed by atoms with van der Waals surface area (Å²) in [4.78, 5) is 14.6. The van der Waals surface area contributed by atoms with E-state index in [1.165, 1.54) is 11.8 Å². The van der Waals surface area contributed by atoms with E-state index in [0.29, 0.717) is 28.4 Å². The van der Waals surface area contributed by atoms with E-state index in [2.05, 4.69) is 36.2 Å². The van der Waals surface area contributed by atoms with Crippen molar-refractivity contribution in [2.75, 3.05) is 13.6 Å². The third-order valence-corrected chi connectivity index (χ3v) is 8.35. The van der Waals surface area contributed by atoms with Gasteiger partial charge in [0.05, 0.1) is 11.2 Å². The summed E-state index contributed by atoms with van der Waals surface area (Å²) in [6, 6.07) is 32.9. The molecule has 0 amide bonds. The van der Waals surface area contributed by atoms with Crippen molar-refractivity contribution in [1.82, 2.24) is 14.8 Å². The van der Waals surface area contributed by atoms with E-state index in [-0.39, 0.29) is 5.56 Å². The normalized spacial score (nSPS) is 13.0. The van der Waals surface area contributed by atoms with Crippen LogP contribution in [-0.2, 0) is 25.6 Å². The minimum Gasteiger partial charge on any atom is -0.403 e. The number of pyridine rings is 1. The van der Waals surface area contributed by atoms with Crippen molar-refractivity contribution in [3.8, 4) is 11.1 Å². The van der Waals surface area contributed by atoms with E-state index >= 15 is 0 Å². The molecule has 5 rings (SSSR count). The fourth-order valence-corrected chi connectivity index (χ4v) is 5.80. The van der Waals surface area contributed by atoms with Gasteiger partial charge in [0.1, 0.15) is 0 Å². The molecule has 0 fully saturated rings. The monoisotopic (exact) mass is 604 g/mol. The third kappa shape index (κ3) is 6.19. The summed E-state index contributed by atoms with van der Waals surface area (Å²) in [6.07, 6.45) is 3.96. The predicted octanol–water partition coefficient (Wildman–Crippen LogP) is 6.30. The molecule has 5 aromatic rings. The Hall–Kier alpha value is -4.62. The number of nitrogens with one attached hydrogen (secondary N) is 1. The number of halogens is 1. The van der Waals surface area contributed by atoms with Crippen molar-refractivity contribution in [2.24, 2.45) is 12.8 Å². The number of hydrogen-bond acceptors (Lipinski definition) is 5. The van der Waals surface area contributed by atoms with Gasteiger partial charge >= 0.3 is 0 Å². The molecule has 0 aliphatic heterocycles. The van der Waals surface area contributed by atoms with Crippen molar-refractivity contribution < 1.29 is 5.11 Å². The first kappa shape index (κ1) is 30.8. The molecule has 0 radical (unpaired) electrons. The van der Waals surface area contributed by atoms with Gasteiger partial charge in [-0.1, -0.05) is 91.0 Å². The van der Waals surface area contributed by atoms with Crippen LogP contribution in [0, 0.1) is 0 Å². The van der Waals surface area contributed by atoms with Crippen LogP contribution in [0.3, 0.4) is 0 Å². The zero-order valence-corrected chi connectivity index (χ0v) is 25.8. The average Bonchev–Trinajstić information content (AvgIpc) is 3.05. The van der Waals surface area contributed by atoms with Gasteiger partial charge in [-0.2, -0.15) is 0 Å². The summed E-state index contributed by atoms with van der Waals surface area (Å²) < 4.78 is 1.60. The smallest absolute Gasteiger partial charge is 0.251 e. The van der Waals surface area contributed by atoms with Gasteiger partial charge in [-0.05, 0) is 76.8 Å². The van der Waals surface area contributed by atoms with Crippen molar-refractivity contribution >= 4 is 22.5 Å². The first-order valence-corrected chi connectivity index (χ1v) is 14.9. The van der Waals surface area contributed by atoms with Crippen molar-refractivity contribution in [3.63, 3.8) is 0 Å². The highest BCUT2D eigenvalue weighted by Crippen LogP contribution is 2.40. The number of nitrogens with two attached hydrogens (primary N) is 1. The van der Waals surface area contributed by atoms with Gasteiger partial charge in [0.25, 0.3) is 5.56 Å². The molecule has 4 aromatic carbocycles. The van der Waals surface area contributed by atoms with Gasteiger partial charge in [-0.15, -0.1) is 0 Å². The highest BCUT2D eigenvalue weighted by molar-refractivity contribution is 6.30.